The number of nitrogens with zero attached hydrogens (tertiary/aromatic N) is 1. The number of fused-ring (bicyclic) bond motifs is 1. The van der Waals surface area contributed by atoms with Gasteiger partial charge < -0.3 is 0 Å². The number of alkyl halides is 3. The van der Waals surface area contributed by atoms with Gasteiger partial charge in [0.05, 0.1) is 28.8 Å². The molecular weight excluding hydrogens is 411 g/mol. The maximum absolute atomic E-state index is 12.7. The van der Waals surface area contributed by atoms with E-state index >= 15 is 0 Å². The van der Waals surface area contributed by atoms with Gasteiger partial charge in [0.2, 0.25) is 0 Å². The SMILES string of the molecule is CS(=O)(=O)OCCCCc1ccc2c(-c3ccc(C(F)(F)F)cc3)nsc2c1. The van der Waals surface area contributed by atoms with E-state index in [0.717, 1.165) is 46.9 Å². The summed E-state index contributed by atoms with van der Waals surface area (Å²) < 4.78 is 70.1. The van der Waals surface area contributed by atoms with E-state index in [1.165, 1.54) is 23.7 Å². The number of halogens is 3. The van der Waals surface area contributed by atoms with Crippen LogP contribution in [0.15, 0.2) is 42.5 Å². The fraction of sp³-hybridized carbons (Fsp3) is 0.316. The molecule has 1 heterocycles. The van der Waals surface area contributed by atoms with Crippen LogP contribution in [0, 0.1) is 0 Å². The van der Waals surface area contributed by atoms with Crippen LogP contribution in [0.5, 0.6) is 0 Å². The average molecular weight is 429 g/mol. The van der Waals surface area contributed by atoms with Crippen LogP contribution in [0.2, 0.25) is 0 Å². The quantitative estimate of drug-likeness (QED) is 0.379. The van der Waals surface area contributed by atoms with Crippen LogP contribution in [0.3, 0.4) is 0 Å². The van der Waals surface area contributed by atoms with Crippen LogP contribution >= 0.6 is 11.5 Å². The second-order valence-corrected chi connectivity index (χ2v) is 8.87. The normalized spacial score (nSPS) is 12.6. The molecule has 0 spiro atoms. The van der Waals surface area contributed by atoms with E-state index in [4.69, 9.17) is 4.18 Å². The van der Waals surface area contributed by atoms with Crippen LogP contribution in [0.25, 0.3) is 21.3 Å². The number of benzene rings is 2. The fourth-order valence-electron chi connectivity index (χ4n) is 2.80. The summed E-state index contributed by atoms with van der Waals surface area (Å²) in [5.41, 5.74) is 1.72. The van der Waals surface area contributed by atoms with Crippen molar-refractivity contribution in [3.63, 3.8) is 0 Å². The summed E-state index contributed by atoms with van der Waals surface area (Å²) in [4.78, 5) is 0. The molecule has 9 heteroatoms. The summed E-state index contributed by atoms with van der Waals surface area (Å²) in [5.74, 6) is 0. The molecule has 0 amide bonds. The third kappa shape index (κ3) is 5.30. The van der Waals surface area contributed by atoms with Gasteiger partial charge in [0.15, 0.2) is 0 Å². The standard InChI is InChI=1S/C19H18F3NO3S2/c1-28(24,25)26-11-3-2-4-13-5-10-16-17(12-13)27-23-18(16)14-6-8-15(9-7-14)19(20,21)22/h5-10,12H,2-4,11H2,1H3. The Labute approximate surface area is 165 Å². The molecule has 0 radical (unpaired) electrons. The summed E-state index contributed by atoms with van der Waals surface area (Å²) in [7, 11) is -3.40. The van der Waals surface area contributed by atoms with Crippen molar-refractivity contribution in [1.82, 2.24) is 4.37 Å². The molecule has 0 aliphatic carbocycles. The molecule has 3 aromatic rings. The lowest BCUT2D eigenvalue weighted by atomic mass is 10.0. The topological polar surface area (TPSA) is 56.3 Å². The van der Waals surface area contributed by atoms with Gasteiger partial charge in [0, 0.05) is 10.9 Å². The molecule has 0 bridgehead atoms. The largest absolute Gasteiger partial charge is 0.416 e. The number of unbranched alkanes of at least 4 members (excludes halogenated alkanes) is 1. The molecule has 28 heavy (non-hydrogen) atoms. The minimum atomic E-state index is -4.36. The summed E-state index contributed by atoms with van der Waals surface area (Å²) >= 11 is 1.30. The number of hydrogen-bond acceptors (Lipinski definition) is 5. The first-order chi connectivity index (χ1) is 13.1. The fourth-order valence-corrected chi connectivity index (χ4v) is 4.09. The first kappa shape index (κ1) is 20.8. The molecule has 2 aromatic carbocycles. The van der Waals surface area contributed by atoms with E-state index in [1.54, 1.807) is 0 Å². The molecule has 0 aliphatic rings. The predicted molar refractivity (Wildman–Crippen MR) is 104 cm³/mol. The Kier molecular flexibility index (Phi) is 6.07. The Balaban J connectivity index is 1.69. The Morgan fingerprint density at radius 3 is 2.43 bits per heavy atom. The lowest BCUT2D eigenvalue weighted by Crippen LogP contribution is -2.04. The summed E-state index contributed by atoms with van der Waals surface area (Å²) in [5, 5.41) is 0.897. The van der Waals surface area contributed by atoms with E-state index in [0.29, 0.717) is 17.7 Å². The third-order valence-electron chi connectivity index (χ3n) is 4.18. The smallest absolute Gasteiger partial charge is 0.270 e. The Hall–Kier alpha value is -1.97. The second-order valence-electron chi connectivity index (χ2n) is 6.42. The molecule has 0 aliphatic heterocycles. The number of aryl methyl sites for hydroxylation is 1. The van der Waals surface area contributed by atoms with Crippen molar-refractivity contribution in [1.29, 1.82) is 0 Å². The minimum absolute atomic E-state index is 0.166. The highest BCUT2D eigenvalue weighted by Crippen LogP contribution is 2.34. The van der Waals surface area contributed by atoms with E-state index < -0.39 is 21.9 Å². The highest BCUT2D eigenvalue weighted by molar-refractivity contribution is 7.85. The molecule has 0 atom stereocenters. The van der Waals surface area contributed by atoms with Crippen molar-refractivity contribution in [3.8, 4) is 11.3 Å². The zero-order chi connectivity index (χ0) is 20.4. The van der Waals surface area contributed by atoms with E-state index in [2.05, 4.69) is 4.37 Å². The predicted octanol–water partition coefficient (Wildman–Crippen LogP) is 5.28. The molecule has 1 aromatic heterocycles. The lowest BCUT2D eigenvalue weighted by Gasteiger charge is -2.07. The van der Waals surface area contributed by atoms with Crippen LogP contribution in [-0.2, 0) is 26.9 Å². The van der Waals surface area contributed by atoms with Crippen molar-refractivity contribution < 1.29 is 25.8 Å². The first-order valence-electron chi connectivity index (χ1n) is 8.54. The van der Waals surface area contributed by atoms with Crippen molar-refractivity contribution >= 4 is 31.7 Å². The lowest BCUT2D eigenvalue weighted by molar-refractivity contribution is -0.137. The van der Waals surface area contributed by atoms with Crippen molar-refractivity contribution in [2.45, 2.75) is 25.4 Å². The molecule has 0 saturated carbocycles. The molecule has 150 valence electrons. The second kappa shape index (κ2) is 8.18. The number of rotatable bonds is 7. The van der Waals surface area contributed by atoms with Gasteiger partial charge in [-0.1, -0.05) is 24.3 Å². The molecule has 4 nitrogen and oxygen atoms in total. The van der Waals surface area contributed by atoms with Crippen LogP contribution < -0.4 is 0 Å². The zero-order valence-electron chi connectivity index (χ0n) is 15.0. The molecule has 0 saturated heterocycles. The average Bonchev–Trinajstić information content (AvgIpc) is 3.03. The molecule has 0 N–H and O–H groups in total. The first-order valence-corrected chi connectivity index (χ1v) is 11.1. The molecule has 0 fully saturated rings. The maximum atomic E-state index is 12.7. The third-order valence-corrected chi connectivity index (χ3v) is 5.58. The van der Waals surface area contributed by atoms with Crippen LogP contribution in [0.1, 0.15) is 24.0 Å². The van der Waals surface area contributed by atoms with Gasteiger partial charge in [0.1, 0.15) is 0 Å². The van der Waals surface area contributed by atoms with Crippen molar-refractivity contribution in [3.05, 3.63) is 53.6 Å². The van der Waals surface area contributed by atoms with Gasteiger partial charge >= 0.3 is 6.18 Å². The van der Waals surface area contributed by atoms with Gasteiger partial charge in [-0.2, -0.15) is 26.0 Å². The molecule has 3 rings (SSSR count). The molecule has 0 unspecified atom stereocenters. The number of aromatic nitrogens is 1. The summed E-state index contributed by atoms with van der Waals surface area (Å²) in [6, 6.07) is 10.9. The minimum Gasteiger partial charge on any atom is -0.270 e. The summed E-state index contributed by atoms with van der Waals surface area (Å²) in [6.45, 7) is 0.166. The maximum Gasteiger partial charge on any atom is 0.416 e. The Morgan fingerprint density at radius 2 is 1.79 bits per heavy atom. The van der Waals surface area contributed by atoms with Gasteiger partial charge in [-0.25, -0.2) is 0 Å². The van der Waals surface area contributed by atoms with Crippen LogP contribution in [-0.4, -0.2) is 25.7 Å². The van der Waals surface area contributed by atoms with Crippen molar-refractivity contribution in [2.24, 2.45) is 0 Å². The zero-order valence-corrected chi connectivity index (χ0v) is 16.6. The van der Waals surface area contributed by atoms with Gasteiger partial charge in [0.25, 0.3) is 10.1 Å². The van der Waals surface area contributed by atoms with Gasteiger partial charge in [-0.15, -0.1) is 0 Å². The highest BCUT2D eigenvalue weighted by atomic mass is 32.2. The number of hydrogen-bond donors (Lipinski definition) is 0. The van der Waals surface area contributed by atoms with Crippen molar-refractivity contribution in [2.75, 3.05) is 12.9 Å². The highest BCUT2D eigenvalue weighted by Gasteiger charge is 2.30. The Bertz CT molecular complexity index is 1060. The van der Waals surface area contributed by atoms with Crippen LogP contribution in [0.4, 0.5) is 13.2 Å². The van der Waals surface area contributed by atoms with E-state index in [1.807, 2.05) is 18.2 Å². The van der Waals surface area contributed by atoms with Gasteiger partial charge in [-0.05, 0) is 54.6 Å². The van der Waals surface area contributed by atoms with Gasteiger partial charge in [-0.3, -0.25) is 4.18 Å². The van der Waals surface area contributed by atoms with E-state index in [-0.39, 0.29) is 6.61 Å². The monoisotopic (exact) mass is 429 g/mol. The Morgan fingerprint density at radius 1 is 1.07 bits per heavy atom. The van der Waals surface area contributed by atoms with E-state index in [9.17, 15) is 21.6 Å². The summed E-state index contributed by atoms with van der Waals surface area (Å²) in [6.07, 6.45) is -1.14. The molecular formula is C19H18F3NO3S2.